The van der Waals surface area contributed by atoms with Crippen molar-refractivity contribution < 1.29 is 9.90 Å². The van der Waals surface area contributed by atoms with E-state index in [-0.39, 0.29) is 12.0 Å². The third-order valence-corrected chi connectivity index (χ3v) is 3.90. The van der Waals surface area contributed by atoms with E-state index in [4.69, 9.17) is 10.8 Å². The van der Waals surface area contributed by atoms with Crippen molar-refractivity contribution in [3.05, 3.63) is 0 Å². The maximum absolute atomic E-state index is 11.0. The topological polar surface area (TPSA) is 66.6 Å². The van der Waals surface area contributed by atoms with Crippen LogP contribution < -0.4 is 5.73 Å². The summed E-state index contributed by atoms with van der Waals surface area (Å²) < 4.78 is 0. The molecule has 3 N–H and O–H groups in total. The van der Waals surface area contributed by atoms with E-state index >= 15 is 0 Å². The second-order valence-electron chi connectivity index (χ2n) is 5.40. The molecule has 0 aromatic heterocycles. The number of likely N-dealkylation sites (tertiary alicyclic amines) is 1. The highest BCUT2D eigenvalue weighted by molar-refractivity contribution is 5.70. The van der Waals surface area contributed by atoms with Crippen molar-refractivity contribution >= 4 is 5.97 Å². The Morgan fingerprint density at radius 2 is 2.00 bits per heavy atom. The van der Waals surface area contributed by atoms with Crippen molar-refractivity contribution in [2.75, 3.05) is 19.6 Å². The Kier molecular flexibility index (Phi) is 3.82. The number of nitrogens with zero attached hydrogens (tertiary/aromatic N) is 1. The van der Waals surface area contributed by atoms with E-state index in [2.05, 4.69) is 4.90 Å². The van der Waals surface area contributed by atoms with Crippen LogP contribution in [0.25, 0.3) is 0 Å². The van der Waals surface area contributed by atoms with Gasteiger partial charge in [0.2, 0.25) is 0 Å². The van der Waals surface area contributed by atoms with Crippen molar-refractivity contribution in [2.24, 2.45) is 17.6 Å². The van der Waals surface area contributed by atoms with Crippen LogP contribution >= 0.6 is 0 Å². The predicted molar refractivity (Wildman–Crippen MR) is 62.1 cm³/mol. The van der Waals surface area contributed by atoms with Gasteiger partial charge in [-0.05, 0) is 25.2 Å². The number of carboxylic acids is 1. The van der Waals surface area contributed by atoms with Gasteiger partial charge in [0.1, 0.15) is 0 Å². The highest BCUT2D eigenvalue weighted by Crippen LogP contribution is 2.27. The van der Waals surface area contributed by atoms with Crippen molar-refractivity contribution in [2.45, 2.75) is 38.1 Å². The summed E-state index contributed by atoms with van der Waals surface area (Å²) in [5, 5.41) is 9.05. The van der Waals surface area contributed by atoms with Crippen molar-refractivity contribution in [3.63, 3.8) is 0 Å². The molecule has 2 aliphatic rings. The van der Waals surface area contributed by atoms with Gasteiger partial charge in [0, 0.05) is 25.7 Å². The number of hydrogen-bond acceptors (Lipinski definition) is 3. The summed E-state index contributed by atoms with van der Waals surface area (Å²) in [4.78, 5) is 13.3. The predicted octanol–water partition coefficient (Wildman–Crippen LogP) is 0.910. The number of carbonyl (C=O) groups is 1. The number of rotatable bonds is 3. The maximum Gasteiger partial charge on any atom is 0.307 e. The molecule has 1 aliphatic carbocycles. The molecule has 0 radical (unpaired) electrons. The van der Waals surface area contributed by atoms with Crippen LogP contribution in [-0.4, -0.2) is 41.7 Å². The lowest BCUT2D eigenvalue weighted by atomic mass is 9.93. The lowest BCUT2D eigenvalue weighted by molar-refractivity contribution is -0.144. The van der Waals surface area contributed by atoms with Crippen LogP contribution in [0, 0.1) is 11.8 Å². The monoisotopic (exact) mass is 226 g/mol. The van der Waals surface area contributed by atoms with Gasteiger partial charge in [0.15, 0.2) is 0 Å². The molecule has 16 heavy (non-hydrogen) atoms. The minimum absolute atomic E-state index is 0.0382. The highest BCUT2D eigenvalue weighted by Gasteiger charge is 2.31. The van der Waals surface area contributed by atoms with Crippen LogP contribution in [-0.2, 0) is 4.79 Å². The molecule has 92 valence electrons. The lowest BCUT2D eigenvalue weighted by Gasteiger charge is -2.35. The van der Waals surface area contributed by atoms with Crippen molar-refractivity contribution in [1.29, 1.82) is 0 Å². The Labute approximate surface area is 96.8 Å². The fraction of sp³-hybridized carbons (Fsp3) is 0.917. The van der Waals surface area contributed by atoms with Gasteiger partial charge in [0.05, 0.1) is 5.92 Å². The third-order valence-electron chi connectivity index (χ3n) is 3.90. The maximum atomic E-state index is 11.0. The van der Waals surface area contributed by atoms with Gasteiger partial charge < -0.3 is 15.7 Å². The molecule has 1 saturated heterocycles. The first-order valence-corrected chi connectivity index (χ1v) is 6.36. The van der Waals surface area contributed by atoms with Gasteiger partial charge in [0.25, 0.3) is 0 Å². The van der Waals surface area contributed by atoms with Crippen LogP contribution in [0.2, 0.25) is 0 Å². The largest absolute Gasteiger partial charge is 0.481 e. The van der Waals surface area contributed by atoms with E-state index in [9.17, 15) is 4.79 Å². The molecular formula is C12H22N2O2. The minimum atomic E-state index is -0.688. The van der Waals surface area contributed by atoms with E-state index in [1.165, 1.54) is 25.7 Å². The van der Waals surface area contributed by atoms with E-state index < -0.39 is 5.97 Å². The summed E-state index contributed by atoms with van der Waals surface area (Å²) >= 11 is 0. The highest BCUT2D eigenvalue weighted by atomic mass is 16.4. The average Bonchev–Trinajstić information content (AvgIpc) is 2.69. The summed E-state index contributed by atoms with van der Waals surface area (Å²) in [6, 6.07) is 0.0382. The Morgan fingerprint density at radius 1 is 1.31 bits per heavy atom. The van der Waals surface area contributed by atoms with Crippen molar-refractivity contribution in [3.8, 4) is 0 Å². The first kappa shape index (κ1) is 11.9. The second-order valence-corrected chi connectivity index (χ2v) is 5.40. The van der Waals surface area contributed by atoms with Crippen LogP contribution in [0.3, 0.4) is 0 Å². The number of hydrogen-bond donors (Lipinski definition) is 2. The van der Waals surface area contributed by atoms with Crippen LogP contribution in [0.1, 0.15) is 32.1 Å². The van der Waals surface area contributed by atoms with Gasteiger partial charge in [-0.25, -0.2) is 0 Å². The minimum Gasteiger partial charge on any atom is -0.481 e. The molecule has 4 nitrogen and oxygen atoms in total. The molecule has 1 heterocycles. The first-order chi connectivity index (χ1) is 7.65. The quantitative estimate of drug-likeness (QED) is 0.750. The third kappa shape index (κ3) is 2.95. The normalized spacial score (nSPS) is 33.1. The summed E-state index contributed by atoms with van der Waals surface area (Å²) in [6.45, 7) is 2.62. The van der Waals surface area contributed by atoms with Gasteiger partial charge in [-0.15, -0.1) is 0 Å². The van der Waals surface area contributed by atoms with E-state index in [1.54, 1.807) is 0 Å². The molecule has 4 heteroatoms. The number of aliphatic carboxylic acids is 1. The Bertz CT molecular complexity index is 251. The Hall–Kier alpha value is -0.610. The summed E-state index contributed by atoms with van der Waals surface area (Å²) in [7, 11) is 0. The zero-order valence-corrected chi connectivity index (χ0v) is 9.77. The molecule has 1 saturated carbocycles. The van der Waals surface area contributed by atoms with E-state index in [0.29, 0.717) is 13.0 Å². The number of piperidine rings is 1. The van der Waals surface area contributed by atoms with Crippen LogP contribution in [0.5, 0.6) is 0 Å². The standard InChI is InChI=1S/C12H22N2O2/c13-11-5-10(12(15)16)7-14(8-11)6-9-3-1-2-4-9/h9-11H,1-8,13H2,(H,15,16). The molecule has 2 fully saturated rings. The van der Waals surface area contributed by atoms with Crippen molar-refractivity contribution in [1.82, 2.24) is 4.90 Å². The lowest BCUT2D eigenvalue weighted by Crippen LogP contribution is -2.50. The van der Waals surface area contributed by atoms with Crippen LogP contribution in [0.4, 0.5) is 0 Å². The Morgan fingerprint density at radius 3 is 2.62 bits per heavy atom. The summed E-state index contributed by atoms with van der Waals surface area (Å²) in [6.07, 6.45) is 5.93. The van der Waals surface area contributed by atoms with Gasteiger partial charge in [-0.1, -0.05) is 12.8 Å². The SMILES string of the molecule is NC1CC(C(=O)O)CN(CC2CCCC2)C1. The van der Waals surface area contributed by atoms with Gasteiger partial charge in [-0.3, -0.25) is 4.79 Å². The van der Waals surface area contributed by atoms with E-state index in [1.807, 2.05) is 0 Å². The van der Waals surface area contributed by atoms with Crippen LogP contribution in [0.15, 0.2) is 0 Å². The molecule has 2 unspecified atom stereocenters. The molecule has 2 rings (SSSR count). The summed E-state index contributed by atoms with van der Waals surface area (Å²) in [5.74, 6) is -0.170. The van der Waals surface area contributed by atoms with Gasteiger partial charge in [-0.2, -0.15) is 0 Å². The molecule has 1 aliphatic heterocycles. The zero-order valence-electron chi connectivity index (χ0n) is 9.77. The molecule has 0 spiro atoms. The van der Waals surface area contributed by atoms with Gasteiger partial charge >= 0.3 is 5.97 Å². The second kappa shape index (κ2) is 5.15. The molecule has 0 amide bonds. The molecule has 0 aromatic carbocycles. The Balaban J connectivity index is 1.86. The zero-order chi connectivity index (χ0) is 11.5. The smallest absolute Gasteiger partial charge is 0.307 e. The number of carboxylic acid groups (broad SMARTS) is 1. The fourth-order valence-corrected chi connectivity index (χ4v) is 3.12. The average molecular weight is 226 g/mol. The molecule has 0 aromatic rings. The molecule has 2 atom stereocenters. The number of nitrogens with two attached hydrogens (primary N) is 1. The molecular weight excluding hydrogens is 204 g/mol. The first-order valence-electron chi connectivity index (χ1n) is 6.36. The molecule has 0 bridgehead atoms. The van der Waals surface area contributed by atoms with E-state index in [0.717, 1.165) is 19.0 Å². The fourth-order valence-electron chi connectivity index (χ4n) is 3.12. The summed E-state index contributed by atoms with van der Waals surface area (Å²) in [5.41, 5.74) is 5.92.